The smallest absolute Gasteiger partial charge is 0.354 e. The molecule has 1 aliphatic rings. The molecule has 1 unspecified atom stereocenters. The highest BCUT2D eigenvalue weighted by molar-refractivity contribution is 5.86. The lowest BCUT2D eigenvalue weighted by Crippen LogP contribution is -2.30. The predicted molar refractivity (Wildman–Crippen MR) is 65.3 cm³/mol. The van der Waals surface area contributed by atoms with Gasteiger partial charge in [0.25, 0.3) is 0 Å². The quantitative estimate of drug-likeness (QED) is 0.623. The number of carboxylic acids is 1. The molecule has 8 heteroatoms. The monoisotopic (exact) mass is 267 g/mol. The largest absolute Gasteiger partial charge is 0.477 e. The highest BCUT2D eigenvalue weighted by Gasteiger charge is 2.22. The molecule has 0 bridgehead atoms. The number of aromatic nitrogens is 1. The first kappa shape index (κ1) is 13.2. The van der Waals surface area contributed by atoms with Crippen LogP contribution in [-0.4, -0.2) is 40.2 Å². The summed E-state index contributed by atoms with van der Waals surface area (Å²) in [6.45, 7) is 1.10. The van der Waals surface area contributed by atoms with Crippen LogP contribution in [0.5, 0.6) is 0 Å². The fourth-order valence-corrected chi connectivity index (χ4v) is 1.87. The number of hydrogen-bond acceptors (Lipinski definition) is 6. The molecule has 1 fully saturated rings. The van der Waals surface area contributed by atoms with Gasteiger partial charge in [0, 0.05) is 12.7 Å². The minimum Gasteiger partial charge on any atom is -0.477 e. The minimum absolute atomic E-state index is 0.0274. The average molecular weight is 267 g/mol. The maximum absolute atomic E-state index is 10.9. The summed E-state index contributed by atoms with van der Waals surface area (Å²) < 4.78 is 5.26. The summed E-state index contributed by atoms with van der Waals surface area (Å²) in [7, 11) is 0. The van der Waals surface area contributed by atoms with Gasteiger partial charge >= 0.3 is 11.7 Å². The number of nitrogens with zero attached hydrogens (tertiary/aromatic N) is 2. The summed E-state index contributed by atoms with van der Waals surface area (Å²) in [4.78, 5) is 24.9. The number of nitrogens with one attached hydrogen (secondary N) is 1. The molecule has 1 aromatic heterocycles. The van der Waals surface area contributed by atoms with E-state index in [1.165, 1.54) is 0 Å². The molecule has 0 amide bonds. The third-order valence-electron chi connectivity index (χ3n) is 2.79. The molecule has 1 saturated heterocycles. The number of aromatic carboxylic acids is 1. The Morgan fingerprint density at radius 2 is 2.37 bits per heavy atom. The number of nitro groups is 1. The van der Waals surface area contributed by atoms with E-state index in [1.807, 2.05) is 0 Å². The predicted octanol–water partition coefficient (Wildman–Crippen LogP) is 1.28. The number of carboxylic acid groups (broad SMARTS) is 1. The zero-order chi connectivity index (χ0) is 13.8. The number of carbonyl (C=O) groups is 1. The Labute approximate surface area is 108 Å². The van der Waals surface area contributed by atoms with Crippen molar-refractivity contribution in [1.82, 2.24) is 4.98 Å². The van der Waals surface area contributed by atoms with Gasteiger partial charge in [-0.25, -0.2) is 9.78 Å². The molecule has 1 aliphatic heterocycles. The van der Waals surface area contributed by atoms with Crippen molar-refractivity contribution in [3.63, 3.8) is 0 Å². The van der Waals surface area contributed by atoms with Crippen LogP contribution in [0.1, 0.15) is 23.3 Å². The van der Waals surface area contributed by atoms with Gasteiger partial charge in [-0.15, -0.1) is 0 Å². The number of hydrogen-bond donors (Lipinski definition) is 2. The zero-order valence-electron chi connectivity index (χ0n) is 10.0. The van der Waals surface area contributed by atoms with Gasteiger partial charge in [0.05, 0.1) is 17.6 Å². The summed E-state index contributed by atoms with van der Waals surface area (Å²) in [5.41, 5.74) is -0.472. The second-order valence-electron chi connectivity index (χ2n) is 4.18. The normalized spacial score (nSPS) is 18.8. The Bertz CT molecular complexity index is 499. The molecule has 19 heavy (non-hydrogen) atoms. The average Bonchev–Trinajstić information content (AvgIpc) is 2.39. The number of anilines is 1. The van der Waals surface area contributed by atoms with Gasteiger partial charge in [0.1, 0.15) is 0 Å². The van der Waals surface area contributed by atoms with Gasteiger partial charge < -0.3 is 15.2 Å². The second-order valence-corrected chi connectivity index (χ2v) is 4.18. The van der Waals surface area contributed by atoms with Crippen LogP contribution in [0.25, 0.3) is 0 Å². The standard InChI is InChI=1S/C11H13N3O5/c15-11(16)8-3-4-9(14(17)18)10(13-8)12-7-2-1-5-19-6-7/h3-4,7H,1-2,5-6H2,(H,12,13)(H,15,16). The maximum Gasteiger partial charge on any atom is 0.354 e. The van der Waals surface area contributed by atoms with E-state index in [0.717, 1.165) is 25.0 Å². The second kappa shape index (κ2) is 5.61. The van der Waals surface area contributed by atoms with Crippen molar-refractivity contribution < 1.29 is 19.6 Å². The van der Waals surface area contributed by atoms with Crippen molar-refractivity contribution in [2.24, 2.45) is 0 Å². The molecule has 0 aromatic carbocycles. The minimum atomic E-state index is -1.22. The SMILES string of the molecule is O=C(O)c1ccc([N+](=O)[O-])c(NC2CCCOC2)n1. The Hall–Kier alpha value is -2.22. The van der Waals surface area contributed by atoms with E-state index in [2.05, 4.69) is 10.3 Å². The first-order valence-electron chi connectivity index (χ1n) is 5.81. The lowest BCUT2D eigenvalue weighted by atomic mass is 10.1. The van der Waals surface area contributed by atoms with E-state index in [-0.39, 0.29) is 23.2 Å². The summed E-state index contributed by atoms with van der Waals surface area (Å²) in [5.74, 6) is -1.25. The molecule has 0 spiro atoms. The first-order valence-corrected chi connectivity index (χ1v) is 5.81. The van der Waals surface area contributed by atoms with Crippen molar-refractivity contribution in [3.05, 3.63) is 27.9 Å². The van der Waals surface area contributed by atoms with Crippen LogP contribution in [0.4, 0.5) is 11.5 Å². The zero-order valence-corrected chi connectivity index (χ0v) is 10.0. The molecular formula is C11H13N3O5. The van der Waals surface area contributed by atoms with Crippen LogP contribution < -0.4 is 5.32 Å². The summed E-state index contributed by atoms with van der Waals surface area (Å²) in [6, 6.07) is 2.16. The molecule has 2 rings (SSSR count). The molecule has 0 aliphatic carbocycles. The molecule has 1 aromatic rings. The first-order chi connectivity index (χ1) is 9.08. The molecule has 2 heterocycles. The maximum atomic E-state index is 10.9. The van der Waals surface area contributed by atoms with Crippen LogP contribution in [0.15, 0.2) is 12.1 Å². The van der Waals surface area contributed by atoms with Crippen LogP contribution >= 0.6 is 0 Å². The van der Waals surface area contributed by atoms with E-state index in [1.54, 1.807) is 0 Å². The highest BCUT2D eigenvalue weighted by Crippen LogP contribution is 2.24. The highest BCUT2D eigenvalue weighted by atomic mass is 16.6. The Balaban J connectivity index is 2.26. The van der Waals surface area contributed by atoms with Crippen molar-refractivity contribution in [2.75, 3.05) is 18.5 Å². The van der Waals surface area contributed by atoms with Gasteiger partial charge in [0.2, 0.25) is 5.82 Å². The summed E-state index contributed by atoms with van der Waals surface area (Å²) >= 11 is 0. The third kappa shape index (κ3) is 3.16. The lowest BCUT2D eigenvalue weighted by Gasteiger charge is -2.23. The van der Waals surface area contributed by atoms with Crippen LogP contribution in [-0.2, 0) is 4.74 Å². The van der Waals surface area contributed by atoms with E-state index in [9.17, 15) is 14.9 Å². The molecule has 102 valence electrons. The number of ether oxygens (including phenoxy) is 1. The van der Waals surface area contributed by atoms with E-state index in [0.29, 0.717) is 13.2 Å². The Morgan fingerprint density at radius 3 is 2.95 bits per heavy atom. The summed E-state index contributed by atoms with van der Waals surface area (Å²) in [6.07, 6.45) is 1.65. The number of rotatable bonds is 4. The Morgan fingerprint density at radius 1 is 1.58 bits per heavy atom. The third-order valence-corrected chi connectivity index (χ3v) is 2.79. The van der Waals surface area contributed by atoms with Gasteiger partial charge in [0.15, 0.2) is 5.69 Å². The summed E-state index contributed by atoms with van der Waals surface area (Å²) in [5, 5.41) is 22.6. The molecule has 0 radical (unpaired) electrons. The molecule has 0 saturated carbocycles. The van der Waals surface area contributed by atoms with Gasteiger partial charge in [-0.2, -0.15) is 0 Å². The van der Waals surface area contributed by atoms with Crippen molar-refractivity contribution in [2.45, 2.75) is 18.9 Å². The van der Waals surface area contributed by atoms with Crippen molar-refractivity contribution in [1.29, 1.82) is 0 Å². The van der Waals surface area contributed by atoms with E-state index in [4.69, 9.17) is 9.84 Å². The fourth-order valence-electron chi connectivity index (χ4n) is 1.87. The van der Waals surface area contributed by atoms with Crippen LogP contribution in [0, 0.1) is 10.1 Å². The lowest BCUT2D eigenvalue weighted by molar-refractivity contribution is -0.384. The number of pyridine rings is 1. The van der Waals surface area contributed by atoms with Crippen molar-refractivity contribution in [3.8, 4) is 0 Å². The topological polar surface area (TPSA) is 115 Å². The molecular weight excluding hydrogens is 254 g/mol. The Kier molecular flexibility index (Phi) is 3.91. The van der Waals surface area contributed by atoms with Crippen LogP contribution in [0.2, 0.25) is 0 Å². The van der Waals surface area contributed by atoms with Crippen molar-refractivity contribution >= 4 is 17.5 Å². The van der Waals surface area contributed by atoms with Gasteiger partial charge in [-0.1, -0.05) is 0 Å². The molecule has 1 atom stereocenters. The van der Waals surface area contributed by atoms with Crippen LogP contribution in [0.3, 0.4) is 0 Å². The van der Waals surface area contributed by atoms with Gasteiger partial charge in [-0.3, -0.25) is 10.1 Å². The molecule has 2 N–H and O–H groups in total. The van der Waals surface area contributed by atoms with Gasteiger partial charge in [-0.05, 0) is 18.9 Å². The molecule has 8 nitrogen and oxygen atoms in total. The van der Waals surface area contributed by atoms with E-state index >= 15 is 0 Å². The van der Waals surface area contributed by atoms with E-state index < -0.39 is 10.9 Å². The fraction of sp³-hybridized carbons (Fsp3) is 0.455.